The van der Waals surface area contributed by atoms with E-state index in [-0.39, 0.29) is 36.1 Å². The van der Waals surface area contributed by atoms with Gasteiger partial charge in [-0.05, 0) is 52.3 Å². The first kappa shape index (κ1) is 24.5. The van der Waals surface area contributed by atoms with Gasteiger partial charge in [0.1, 0.15) is 11.7 Å². The second-order valence-corrected chi connectivity index (χ2v) is 11.6. The molecule has 10 nitrogen and oxygen atoms in total. The minimum Gasteiger partial charge on any atom is -0.473 e. The Kier molecular flexibility index (Phi) is 5.92. The highest BCUT2D eigenvalue weighted by molar-refractivity contribution is 5.84. The van der Waals surface area contributed by atoms with Crippen molar-refractivity contribution >= 4 is 28.7 Å². The quantitative estimate of drug-likeness (QED) is 0.529. The Bertz CT molecular complexity index is 1350. The summed E-state index contributed by atoms with van der Waals surface area (Å²) in [5.41, 5.74) is 3.92. The van der Waals surface area contributed by atoms with Crippen molar-refractivity contribution in [3.8, 4) is 17.1 Å². The van der Waals surface area contributed by atoms with Gasteiger partial charge in [0.2, 0.25) is 11.8 Å². The smallest absolute Gasteiger partial charge is 0.410 e. The fourth-order valence-electron chi connectivity index (χ4n) is 5.65. The van der Waals surface area contributed by atoms with Crippen molar-refractivity contribution in [3.05, 3.63) is 36.7 Å². The number of pyridine rings is 1. The predicted molar refractivity (Wildman–Crippen MR) is 143 cm³/mol. The van der Waals surface area contributed by atoms with Crippen molar-refractivity contribution in [3.63, 3.8) is 0 Å². The van der Waals surface area contributed by atoms with E-state index in [0.29, 0.717) is 24.4 Å². The largest absolute Gasteiger partial charge is 0.473 e. The number of H-pyrrole nitrogens is 1. The molecule has 2 N–H and O–H groups in total. The Morgan fingerprint density at radius 1 is 1.16 bits per heavy atom. The first-order chi connectivity index (χ1) is 18.1. The fraction of sp³-hybridized carbons (Fsp3) is 0.500. The van der Waals surface area contributed by atoms with E-state index in [9.17, 15) is 9.59 Å². The lowest BCUT2D eigenvalue weighted by Gasteiger charge is -2.56. The van der Waals surface area contributed by atoms with Crippen LogP contribution in [-0.2, 0) is 9.53 Å². The van der Waals surface area contributed by atoms with Gasteiger partial charge in [-0.2, -0.15) is 0 Å². The Morgan fingerprint density at radius 2 is 1.89 bits per heavy atom. The van der Waals surface area contributed by atoms with Gasteiger partial charge >= 0.3 is 6.09 Å². The first-order valence-electron chi connectivity index (χ1n) is 13.3. The van der Waals surface area contributed by atoms with Gasteiger partial charge in [-0.25, -0.2) is 14.8 Å². The molecule has 2 aromatic heterocycles. The van der Waals surface area contributed by atoms with Crippen LogP contribution in [0.2, 0.25) is 0 Å². The third-order valence-corrected chi connectivity index (χ3v) is 7.67. The molecule has 0 saturated carbocycles. The molecule has 4 aliphatic heterocycles. The van der Waals surface area contributed by atoms with Crippen LogP contribution in [0.5, 0.6) is 5.88 Å². The molecule has 4 atom stereocenters. The van der Waals surface area contributed by atoms with Crippen LogP contribution >= 0.6 is 0 Å². The average molecular weight is 519 g/mol. The van der Waals surface area contributed by atoms with E-state index >= 15 is 0 Å². The number of nitrogens with zero attached hydrogens (tertiary/aromatic N) is 4. The Balaban J connectivity index is 1.16. The maximum Gasteiger partial charge on any atom is 0.410 e. The van der Waals surface area contributed by atoms with Crippen molar-refractivity contribution in [2.24, 2.45) is 5.92 Å². The average Bonchev–Trinajstić information content (AvgIpc) is 3.52. The van der Waals surface area contributed by atoms with Crippen LogP contribution in [0.4, 0.5) is 10.5 Å². The molecule has 7 rings (SSSR count). The van der Waals surface area contributed by atoms with Crippen molar-refractivity contribution < 1.29 is 19.1 Å². The summed E-state index contributed by atoms with van der Waals surface area (Å²) in [7, 11) is 0. The molecule has 200 valence electrons. The number of nitrogens with one attached hydrogen (secondary N) is 2. The Morgan fingerprint density at radius 3 is 2.55 bits per heavy atom. The van der Waals surface area contributed by atoms with Gasteiger partial charge in [-0.15, -0.1) is 0 Å². The van der Waals surface area contributed by atoms with Gasteiger partial charge in [0.05, 0.1) is 29.6 Å². The SMILES string of the molecule is C[C@@H](Oc1nc(-c2ccc(N3CC4CC(C3)N4C(=O)OC(C)(C)C)cc2)cc2[nH]cnc12)[C@H]1CNC(=O)C1. The number of piperazine rings is 1. The summed E-state index contributed by atoms with van der Waals surface area (Å²) in [6.45, 7) is 9.87. The van der Waals surface area contributed by atoms with E-state index < -0.39 is 5.60 Å². The maximum atomic E-state index is 12.6. The summed E-state index contributed by atoms with van der Waals surface area (Å²) in [4.78, 5) is 40.9. The van der Waals surface area contributed by atoms with E-state index in [1.54, 1.807) is 6.33 Å². The third kappa shape index (κ3) is 4.63. The number of aromatic amines is 1. The number of aromatic nitrogens is 3. The Labute approximate surface area is 221 Å². The van der Waals surface area contributed by atoms with Crippen molar-refractivity contribution in [1.82, 2.24) is 25.2 Å². The van der Waals surface area contributed by atoms with Gasteiger partial charge in [-0.3, -0.25) is 9.69 Å². The van der Waals surface area contributed by atoms with Gasteiger partial charge in [0.25, 0.3) is 0 Å². The molecular weight excluding hydrogens is 484 g/mol. The van der Waals surface area contributed by atoms with Crippen LogP contribution in [0.1, 0.15) is 40.5 Å². The van der Waals surface area contributed by atoms with E-state index in [2.05, 4.69) is 44.5 Å². The highest BCUT2D eigenvalue weighted by atomic mass is 16.6. The van der Waals surface area contributed by atoms with Gasteiger partial charge in [0, 0.05) is 43.2 Å². The van der Waals surface area contributed by atoms with Crippen LogP contribution in [0.15, 0.2) is 36.7 Å². The fourth-order valence-corrected chi connectivity index (χ4v) is 5.65. The molecule has 4 aliphatic rings. The zero-order valence-electron chi connectivity index (χ0n) is 22.2. The van der Waals surface area contributed by atoms with Crippen molar-refractivity contribution in [1.29, 1.82) is 0 Å². The molecule has 0 spiro atoms. The molecular formula is C28H34N6O4. The molecule has 10 heteroatoms. The lowest BCUT2D eigenvalue weighted by molar-refractivity contribution is -0.119. The number of ether oxygens (including phenoxy) is 2. The highest BCUT2D eigenvalue weighted by Gasteiger charge is 2.48. The summed E-state index contributed by atoms with van der Waals surface area (Å²) in [6, 6.07) is 10.7. The number of piperidine rings is 1. The van der Waals surface area contributed by atoms with Crippen LogP contribution < -0.4 is 15.0 Å². The summed E-state index contributed by atoms with van der Waals surface area (Å²) >= 11 is 0. The number of fused-ring (bicyclic) bond motifs is 3. The first-order valence-corrected chi connectivity index (χ1v) is 13.3. The van der Waals surface area contributed by atoms with Crippen LogP contribution in [0.25, 0.3) is 22.3 Å². The molecule has 4 fully saturated rings. The van der Waals surface area contributed by atoms with E-state index in [1.165, 1.54) is 0 Å². The number of carbonyl (C=O) groups excluding carboxylic acids is 2. The number of benzene rings is 1. The van der Waals surface area contributed by atoms with E-state index in [4.69, 9.17) is 14.5 Å². The molecule has 38 heavy (non-hydrogen) atoms. The number of rotatable bonds is 5. The van der Waals surface area contributed by atoms with Gasteiger partial charge in [0.15, 0.2) is 5.52 Å². The number of imidazole rings is 1. The van der Waals surface area contributed by atoms with E-state index in [1.807, 2.05) is 38.7 Å². The molecule has 1 aromatic carbocycles. The zero-order valence-corrected chi connectivity index (χ0v) is 22.2. The third-order valence-electron chi connectivity index (χ3n) is 7.67. The van der Waals surface area contributed by atoms with Crippen LogP contribution in [0.3, 0.4) is 0 Å². The minimum atomic E-state index is -0.487. The van der Waals surface area contributed by atoms with E-state index in [0.717, 1.165) is 42.0 Å². The highest BCUT2D eigenvalue weighted by Crippen LogP contribution is 2.37. The number of amides is 2. The number of carbonyl (C=O) groups is 2. The minimum absolute atomic E-state index is 0.0562. The molecule has 0 radical (unpaired) electrons. The molecule has 2 amide bonds. The molecule has 2 unspecified atom stereocenters. The maximum absolute atomic E-state index is 12.6. The van der Waals surface area contributed by atoms with Crippen LogP contribution in [-0.4, -0.2) is 75.3 Å². The van der Waals surface area contributed by atoms with Gasteiger partial charge in [-0.1, -0.05) is 12.1 Å². The molecule has 0 aliphatic carbocycles. The lowest BCUT2D eigenvalue weighted by atomic mass is 9.87. The molecule has 3 aromatic rings. The molecule has 2 bridgehead atoms. The molecule has 4 saturated heterocycles. The van der Waals surface area contributed by atoms with Crippen molar-refractivity contribution in [2.45, 2.75) is 64.3 Å². The van der Waals surface area contributed by atoms with Crippen molar-refractivity contribution in [2.75, 3.05) is 24.5 Å². The molecule has 6 heterocycles. The number of hydrogen-bond donors (Lipinski definition) is 2. The summed E-state index contributed by atoms with van der Waals surface area (Å²) in [5.74, 6) is 0.622. The second-order valence-electron chi connectivity index (χ2n) is 11.6. The Hall–Kier alpha value is -3.82. The summed E-state index contributed by atoms with van der Waals surface area (Å²) in [6.07, 6.45) is 2.73. The normalized spacial score (nSPS) is 23.7. The summed E-state index contributed by atoms with van der Waals surface area (Å²) in [5, 5.41) is 2.87. The number of hydrogen-bond acceptors (Lipinski definition) is 7. The zero-order chi connectivity index (χ0) is 26.6. The number of anilines is 1. The van der Waals surface area contributed by atoms with Gasteiger partial charge < -0.3 is 24.7 Å². The lowest BCUT2D eigenvalue weighted by Crippen LogP contribution is -2.70. The summed E-state index contributed by atoms with van der Waals surface area (Å²) < 4.78 is 11.8. The predicted octanol–water partition coefficient (Wildman–Crippen LogP) is 3.73. The topological polar surface area (TPSA) is 113 Å². The van der Waals surface area contributed by atoms with Crippen LogP contribution in [0, 0.1) is 5.92 Å². The second kappa shape index (κ2) is 9.18. The monoisotopic (exact) mass is 518 g/mol. The standard InChI is InChI=1S/C28H34N6O4/c1-16(18-9-24(35)29-12-18)37-26-25-23(30-15-31-25)11-22(32-26)17-5-7-19(8-6-17)33-13-20-10-21(14-33)34(20)27(36)38-28(2,3)4/h5-8,11,15-16,18,20-21H,9-10,12-14H2,1-4H3,(H,29,35)(H,30,31)/t16-,18-,20?,21?/m1/s1.